The van der Waals surface area contributed by atoms with Crippen molar-refractivity contribution in [3.63, 3.8) is 0 Å². The van der Waals surface area contributed by atoms with Crippen LogP contribution in [0, 0.1) is 0 Å². The van der Waals surface area contributed by atoms with Crippen LogP contribution in [-0.4, -0.2) is 29.0 Å². The van der Waals surface area contributed by atoms with Crippen LogP contribution in [0.4, 0.5) is 0 Å². The van der Waals surface area contributed by atoms with E-state index in [0.29, 0.717) is 0 Å². The van der Waals surface area contributed by atoms with Gasteiger partial charge in [-0.25, -0.2) is 0 Å². The molecule has 0 aromatic carbocycles. The normalized spacial score (nSPS) is 16.7. The SMILES string of the molecule is CC[O+](CC)CC.[Cl][Sb-]([Cl])([Cl])([Cl])([Cl])[Cl]. The summed E-state index contributed by atoms with van der Waals surface area (Å²) in [4.78, 5) is 0. The molecule has 0 fully saturated rings. The van der Waals surface area contributed by atoms with Crippen LogP contribution in [0.1, 0.15) is 20.8 Å². The molecule has 0 aromatic heterocycles. The van der Waals surface area contributed by atoms with E-state index in [1.807, 2.05) is 0 Å². The molecule has 92 valence electrons. The van der Waals surface area contributed by atoms with Crippen molar-refractivity contribution in [3.8, 4) is 0 Å². The van der Waals surface area contributed by atoms with Gasteiger partial charge in [0.1, 0.15) is 19.8 Å². The average Bonchev–Trinajstić information content (AvgIpc) is 1.84. The molecule has 0 N–H and O–H groups in total. The molecular formula is C6H15Cl6OSb. The van der Waals surface area contributed by atoms with E-state index in [2.05, 4.69) is 25.1 Å². The zero-order valence-electron chi connectivity index (χ0n) is 8.24. The van der Waals surface area contributed by atoms with Gasteiger partial charge in [-0.1, -0.05) is 0 Å². The van der Waals surface area contributed by atoms with Gasteiger partial charge in [-0.05, 0) is 0 Å². The van der Waals surface area contributed by atoms with Gasteiger partial charge >= 0.3 is 62.1 Å². The van der Waals surface area contributed by atoms with Gasteiger partial charge in [0.25, 0.3) is 0 Å². The number of hydrogen-bond acceptors (Lipinski definition) is 0. The van der Waals surface area contributed by atoms with Crippen molar-refractivity contribution in [2.24, 2.45) is 0 Å². The molecule has 8 heteroatoms. The van der Waals surface area contributed by atoms with Crippen LogP contribution in [0.2, 0.25) is 0 Å². The molecule has 0 bridgehead atoms. The predicted molar refractivity (Wildman–Crippen MR) is 73.6 cm³/mol. The molecule has 0 radical (unpaired) electrons. The summed E-state index contributed by atoms with van der Waals surface area (Å²) in [7, 11) is 25.0. The fourth-order valence-electron chi connectivity index (χ4n) is 0.612. The van der Waals surface area contributed by atoms with Crippen molar-refractivity contribution in [3.05, 3.63) is 0 Å². The summed E-state index contributed by atoms with van der Waals surface area (Å²) in [6, 6.07) is 0. The molecule has 0 saturated heterocycles. The zero-order valence-corrected chi connectivity index (χ0v) is 15.3. The van der Waals surface area contributed by atoms with E-state index >= 15 is 0 Å². The topological polar surface area (TPSA) is 2.70 Å². The van der Waals surface area contributed by atoms with Gasteiger partial charge < -0.3 is 4.37 Å². The summed E-state index contributed by atoms with van der Waals surface area (Å²) >= 11 is 0. The zero-order chi connectivity index (χ0) is 12.1. The van der Waals surface area contributed by atoms with Crippen molar-refractivity contribution in [1.82, 2.24) is 0 Å². The second-order valence-electron chi connectivity index (χ2n) is 2.44. The third kappa shape index (κ3) is 36.6. The Hall–Kier alpha value is 2.52. The second-order valence-corrected chi connectivity index (χ2v) is 59.3. The van der Waals surface area contributed by atoms with Gasteiger partial charge in [0.05, 0.1) is 0 Å². The standard InChI is InChI=1S/C6H15O.6ClH.Sb/c1-4-7(5-2)6-3;;;;;;;/h4-6H2,1-3H3;6*1H;/q+1;;;;;;;+5/p-6. The Balaban J connectivity index is 0. The van der Waals surface area contributed by atoms with E-state index in [-0.39, 0.29) is 0 Å². The molecule has 0 spiro atoms. The number of halogens is 6. The maximum absolute atomic E-state index is 5.42. The Morgan fingerprint density at radius 3 is 0.857 bits per heavy atom. The molecule has 0 aliphatic heterocycles. The maximum atomic E-state index is 5.06. The van der Waals surface area contributed by atoms with Gasteiger partial charge in [0, 0.05) is 20.8 Å². The molecule has 14 heavy (non-hydrogen) atoms. The fourth-order valence-corrected chi connectivity index (χ4v) is 0.612. The van der Waals surface area contributed by atoms with Crippen LogP contribution in [0.25, 0.3) is 0 Å². The first-order chi connectivity index (χ1) is 5.80. The van der Waals surface area contributed by atoms with E-state index in [0.717, 1.165) is 19.8 Å². The van der Waals surface area contributed by atoms with Crippen LogP contribution in [0.3, 0.4) is 0 Å². The third-order valence-corrected chi connectivity index (χ3v) is 1.22. The molecule has 0 aliphatic carbocycles. The van der Waals surface area contributed by atoms with E-state index < -0.39 is 9.14 Å². The molecule has 0 saturated carbocycles. The summed E-state index contributed by atoms with van der Waals surface area (Å²) in [6.07, 6.45) is 0. The monoisotopic (exact) mass is 434 g/mol. The quantitative estimate of drug-likeness (QED) is 0.413. The van der Waals surface area contributed by atoms with Gasteiger partial charge in [0.15, 0.2) is 0 Å². The minimum atomic E-state index is -5.42. The Morgan fingerprint density at radius 2 is 0.857 bits per heavy atom. The van der Waals surface area contributed by atoms with Gasteiger partial charge in [-0.2, -0.15) is 0 Å². The average molecular weight is 438 g/mol. The van der Waals surface area contributed by atoms with Gasteiger partial charge in [-0.15, -0.1) is 0 Å². The first-order valence-corrected chi connectivity index (χ1v) is 23.4. The van der Waals surface area contributed by atoms with Crippen molar-refractivity contribution in [1.29, 1.82) is 0 Å². The molecule has 0 atom stereocenters. The number of rotatable bonds is 3. The van der Waals surface area contributed by atoms with Crippen LogP contribution in [-0.2, 0) is 4.37 Å². The summed E-state index contributed by atoms with van der Waals surface area (Å²) in [5.41, 5.74) is 0. The first kappa shape index (κ1) is 18.9. The van der Waals surface area contributed by atoms with Gasteiger partial charge in [0.2, 0.25) is 0 Å². The molecule has 0 aromatic rings. The van der Waals surface area contributed by atoms with Crippen molar-refractivity contribution >= 4 is 62.1 Å². The Labute approximate surface area is 106 Å². The van der Waals surface area contributed by atoms with Crippen LogP contribution >= 0.6 is 53.0 Å². The first-order valence-electron chi connectivity index (χ1n) is 4.00. The Bertz CT molecular complexity index is 139. The third-order valence-electron chi connectivity index (χ3n) is 1.22. The summed E-state index contributed by atoms with van der Waals surface area (Å²) in [5, 5.41) is 0. The van der Waals surface area contributed by atoms with Gasteiger partial charge in [-0.3, -0.25) is 0 Å². The summed E-state index contributed by atoms with van der Waals surface area (Å²) in [6.45, 7) is 9.76. The van der Waals surface area contributed by atoms with Crippen molar-refractivity contribution < 1.29 is 4.37 Å². The summed E-state index contributed by atoms with van der Waals surface area (Å²) < 4.78 is 3.07. The van der Waals surface area contributed by atoms with E-state index in [9.17, 15) is 0 Å². The fraction of sp³-hybridized carbons (Fsp3) is 1.00. The van der Waals surface area contributed by atoms with Crippen LogP contribution in [0.15, 0.2) is 0 Å². The molecule has 0 aliphatic rings. The number of hydrogen-bond donors (Lipinski definition) is 0. The minimum absolute atomic E-state index is 1.10. The molecule has 1 nitrogen and oxygen atoms in total. The van der Waals surface area contributed by atoms with Crippen LogP contribution < -0.4 is 0 Å². The van der Waals surface area contributed by atoms with Crippen LogP contribution in [0.5, 0.6) is 0 Å². The Kier molecular flexibility index (Phi) is 7.97. The Morgan fingerprint density at radius 1 is 0.714 bits per heavy atom. The van der Waals surface area contributed by atoms with E-state index in [4.69, 9.17) is 53.0 Å². The van der Waals surface area contributed by atoms with E-state index in [1.54, 1.807) is 0 Å². The molecule has 0 amide bonds. The van der Waals surface area contributed by atoms with Crippen molar-refractivity contribution in [2.45, 2.75) is 20.8 Å². The molecule has 0 heterocycles. The summed E-state index contributed by atoms with van der Waals surface area (Å²) in [5.74, 6) is 0. The molecular weight excluding hydrogens is 423 g/mol. The van der Waals surface area contributed by atoms with Crippen molar-refractivity contribution in [2.75, 3.05) is 19.8 Å². The predicted octanol–water partition coefficient (Wildman–Crippen LogP) is 5.35. The van der Waals surface area contributed by atoms with E-state index in [1.165, 1.54) is 0 Å². The second kappa shape index (κ2) is 5.91. The molecule has 0 unspecified atom stereocenters. The molecule has 0 rings (SSSR count).